The van der Waals surface area contributed by atoms with E-state index in [1.54, 1.807) is 0 Å². The van der Waals surface area contributed by atoms with Gasteiger partial charge in [0.25, 0.3) is 10.0 Å². The van der Waals surface area contributed by atoms with Gasteiger partial charge in [0, 0.05) is 6.04 Å². The fourth-order valence-electron chi connectivity index (χ4n) is 1.93. The van der Waals surface area contributed by atoms with Gasteiger partial charge in [-0.25, -0.2) is 13.1 Å². The second-order valence-electron chi connectivity index (χ2n) is 4.39. The normalized spacial score (nSPS) is 23.9. The molecular formula is C11H17NO4S. The van der Waals surface area contributed by atoms with Crippen LogP contribution in [0, 0.1) is 5.92 Å². The molecule has 5 nitrogen and oxygen atoms in total. The number of rotatable bonds is 6. The third-order valence-corrected chi connectivity index (χ3v) is 4.31. The number of aliphatic hydroxyl groups is 1. The summed E-state index contributed by atoms with van der Waals surface area (Å²) in [7, 11) is -3.57. The van der Waals surface area contributed by atoms with E-state index in [4.69, 9.17) is 9.52 Å². The molecule has 2 rings (SSSR count). The lowest BCUT2D eigenvalue weighted by Crippen LogP contribution is -2.26. The Hall–Kier alpha value is -0.850. The highest BCUT2D eigenvalue weighted by Gasteiger charge is 2.39. The lowest BCUT2D eigenvalue weighted by molar-refractivity contribution is 0.236. The zero-order valence-corrected chi connectivity index (χ0v) is 10.5. The van der Waals surface area contributed by atoms with Gasteiger partial charge in [0.15, 0.2) is 0 Å². The number of nitrogens with one attached hydrogen (secondary N) is 1. The first-order valence-electron chi connectivity index (χ1n) is 5.78. The highest BCUT2D eigenvalue weighted by molar-refractivity contribution is 7.89. The molecule has 2 atom stereocenters. The Morgan fingerprint density at radius 1 is 1.53 bits per heavy atom. The smallest absolute Gasteiger partial charge is 0.274 e. The number of hydrogen-bond donors (Lipinski definition) is 2. The van der Waals surface area contributed by atoms with Gasteiger partial charge >= 0.3 is 0 Å². The van der Waals surface area contributed by atoms with Gasteiger partial charge in [0.05, 0.1) is 0 Å². The summed E-state index contributed by atoms with van der Waals surface area (Å²) in [6, 6.07) is 2.87. The molecule has 2 unspecified atom stereocenters. The summed E-state index contributed by atoms with van der Waals surface area (Å²) in [6.45, 7) is 1.79. The first kappa shape index (κ1) is 12.6. The quantitative estimate of drug-likeness (QED) is 0.805. The van der Waals surface area contributed by atoms with E-state index in [1.807, 2.05) is 0 Å². The first-order chi connectivity index (χ1) is 8.06. The van der Waals surface area contributed by atoms with Crippen LogP contribution in [-0.2, 0) is 16.6 Å². The summed E-state index contributed by atoms with van der Waals surface area (Å²) in [4.78, 5) is 0. The second-order valence-corrected chi connectivity index (χ2v) is 6.04. The molecule has 1 saturated carbocycles. The van der Waals surface area contributed by atoms with Crippen molar-refractivity contribution < 1.29 is 17.9 Å². The van der Waals surface area contributed by atoms with Crippen LogP contribution in [0.1, 0.15) is 31.9 Å². The maximum atomic E-state index is 11.9. The molecule has 96 valence electrons. The number of sulfonamides is 1. The molecule has 1 aromatic heterocycles. The predicted octanol–water partition coefficient (Wildman–Crippen LogP) is 1.24. The number of aliphatic hydroxyl groups excluding tert-OH is 1. The summed E-state index contributed by atoms with van der Waals surface area (Å²) in [5.74, 6) is 0.716. The minimum Gasteiger partial charge on any atom is -0.446 e. The van der Waals surface area contributed by atoms with Crippen molar-refractivity contribution in [3.05, 3.63) is 17.9 Å². The maximum Gasteiger partial charge on any atom is 0.274 e. The Kier molecular flexibility index (Phi) is 3.56. The van der Waals surface area contributed by atoms with Crippen LogP contribution >= 0.6 is 0 Å². The molecule has 17 heavy (non-hydrogen) atoms. The Balaban J connectivity index is 2.00. The third-order valence-electron chi connectivity index (χ3n) is 2.95. The number of hydrogen-bond acceptors (Lipinski definition) is 4. The van der Waals surface area contributed by atoms with E-state index in [0.29, 0.717) is 5.92 Å². The van der Waals surface area contributed by atoms with Gasteiger partial charge < -0.3 is 9.52 Å². The van der Waals surface area contributed by atoms with Gasteiger partial charge in [-0.3, -0.25) is 0 Å². The fourth-order valence-corrected chi connectivity index (χ4v) is 3.19. The maximum absolute atomic E-state index is 11.9. The monoisotopic (exact) mass is 259 g/mol. The van der Waals surface area contributed by atoms with Crippen molar-refractivity contribution in [3.63, 3.8) is 0 Å². The van der Waals surface area contributed by atoms with Crippen LogP contribution in [0.2, 0.25) is 0 Å². The fraction of sp³-hybridized carbons (Fsp3) is 0.636. The van der Waals surface area contributed by atoms with Crippen LogP contribution in [0.25, 0.3) is 0 Å². The molecule has 1 aliphatic rings. The molecular weight excluding hydrogens is 242 g/mol. The molecule has 0 aliphatic heterocycles. The summed E-state index contributed by atoms with van der Waals surface area (Å²) in [5, 5.41) is 8.69. The molecule has 0 aromatic carbocycles. The molecule has 1 fully saturated rings. The first-order valence-corrected chi connectivity index (χ1v) is 7.27. The van der Waals surface area contributed by atoms with E-state index in [9.17, 15) is 8.42 Å². The van der Waals surface area contributed by atoms with Gasteiger partial charge in [0.1, 0.15) is 12.4 Å². The highest BCUT2D eigenvalue weighted by atomic mass is 32.2. The van der Waals surface area contributed by atoms with Crippen molar-refractivity contribution in [3.8, 4) is 0 Å². The zero-order valence-electron chi connectivity index (χ0n) is 9.72. The van der Waals surface area contributed by atoms with Crippen LogP contribution in [0.4, 0.5) is 0 Å². The van der Waals surface area contributed by atoms with Crippen molar-refractivity contribution in [2.75, 3.05) is 0 Å². The molecule has 0 amide bonds. The predicted molar refractivity (Wildman–Crippen MR) is 61.8 cm³/mol. The Morgan fingerprint density at radius 2 is 2.29 bits per heavy atom. The van der Waals surface area contributed by atoms with Gasteiger partial charge in [0.2, 0.25) is 5.09 Å². The van der Waals surface area contributed by atoms with Crippen molar-refractivity contribution in [2.24, 2.45) is 5.92 Å². The molecule has 1 heterocycles. The van der Waals surface area contributed by atoms with Gasteiger partial charge in [-0.1, -0.05) is 13.3 Å². The standard InChI is InChI=1S/C11H17NO4S/c1-2-3-8-6-10(8)12-17(14,15)11-5-4-9(7-13)16-11/h4-5,8,10,12-13H,2-3,6-7H2,1H3. The third kappa shape index (κ3) is 2.88. The van der Waals surface area contributed by atoms with E-state index in [2.05, 4.69) is 11.6 Å². The summed E-state index contributed by atoms with van der Waals surface area (Å²) in [6.07, 6.45) is 3.02. The Bertz CT molecular complexity index is 479. The minimum absolute atomic E-state index is 0.0441. The highest BCUT2D eigenvalue weighted by Crippen LogP contribution is 2.35. The van der Waals surface area contributed by atoms with Crippen LogP contribution in [0.5, 0.6) is 0 Å². The van der Waals surface area contributed by atoms with Crippen molar-refractivity contribution in [1.29, 1.82) is 0 Å². The van der Waals surface area contributed by atoms with E-state index in [1.165, 1.54) is 12.1 Å². The lowest BCUT2D eigenvalue weighted by Gasteiger charge is -2.03. The Morgan fingerprint density at radius 3 is 2.88 bits per heavy atom. The largest absolute Gasteiger partial charge is 0.446 e. The summed E-state index contributed by atoms with van der Waals surface area (Å²) in [5.41, 5.74) is 0. The van der Waals surface area contributed by atoms with Gasteiger partial charge in [-0.05, 0) is 30.9 Å². The molecule has 1 aliphatic carbocycles. The van der Waals surface area contributed by atoms with E-state index < -0.39 is 10.0 Å². The summed E-state index contributed by atoms with van der Waals surface area (Å²) >= 11 is 0. The Labute approximate surface area is 101 Å². The van der Waals surface area contributed by atoms with E-state index >= 15 is 0 Å². The van der Waals surface area contributed by atoms with E-state index in [-0.39, 0.29) is 23.5 Å². The average Bonchev–Trinajstić information content (AvgIpc) is 2.84. The second kappa shape index (κ2) is 4.80. The lowest BCUT2D eigenvalue weighted by atomic mass is 10.2. The van der Waals surface area contributed by atoms with Crippen molar-refractivity contribution in [1.82, 2.24) is 4.72 Å². The van der Waals surface area contributed by atoms with Crippen LogP contribution in [0.3, 0.4) is 0 Å². The number of furan rings is 1. The van der Waals surface area contributed by atoms with Gasteiger partial charge in [-0.15, -0.1) is 0 Å². The molecule has 0 saturated heterocycles. The average molecular weight is 259 g/mol. The molecule has 1 aromatic rings. The van der Waals surface area contributed by atoms with Crippen LogP contribution in [0.15, 0.2) is 21.6 Å². The van der Waals surface area contributed by atoms with Crippen LogP contribution < -0.4 is 4.72 Å². The van der Waals surface area contributed by atoms with Gasteiger partial charge in [-0.2, -0.15) is 0 Å². The molecule has 0 bridgehead atoms. The molecule has 0 spiro atoms. The summed E-state index contributed by atoms with van der Waals surface area (Å²) < 4.78 is 31.4. The van der Waals surface area contributed by atoms with Crippen molar-refractivity contribution >= 4 is 10.0 Å². The van der Waals surface area contributed by atoms with Crippen LogP contribution in [-0.4, -0.2) is 19.6 Å². The SMILES string of the molecule is CCCC1CC1NS(=O)(=O)c1ccc(CO)o1. The molecule has 6 heteroatoms. The topological polar surface area (TPSA) is 79.5 Å². The van der Waals surface area contributed by atoms with E-state index in [0.717, 1.165) is 19.3 Å². The van der Waals surface area contributed by atoms with Crippen molar-refractivity contribution in [2.45, 2.75) is 43.9 Å². The molecule has 0 radical (unpaired) electrons. The molecule has 2 N–H and O–H groups in total. The zero-order chi connectivity index (χ0) is 12.5. The minimum atomic E-state index is -3.57.